The molecule has 144 valence electrons. The normalized spacial score (nSPS) is 12.8. The fourth-order valence-corrected chi connectivity index (χ4v) is 2.96. The zero-order valence-corrected chi connectivity index (χ0v) is 15.7. The summed E-state index contributed by atoms with van der Waals surface area (Å²) in [4.78, 5) is 12.3. The van der Waals surface area contributed by atoms with E-state index in [2.05, 4.69) is 26.5 Å². The molecule has 1 aliphatic heterocycles. The Bertz CT molecular complexity index is 1090. The van der Waals surface area contributed by atoms with Crippen LogP contribution in [0, 0.1) is 13.8 Å². The van der Waals surface area contributed by atoms with Gasteiger partial charge >= 0.3 is 5.69 Å². The Morgan fingerprint density at radius 2 is 1.96 bits per heavy atom. The molecule has 0 atom stereocenters. The molecule has 0 fully saturated rings. The number of hydrazine groups is 2. The molecule has 28 heavy (non-hydrogen) atoms. The number of anilines is 1. The molecule has 10 heteroatoms. The van der Waals surface area contributed by atoms with Crippen molar-refractivity contribution in [3.63, 3.8) is 0 Å². The molecule has 0 saturated heterocycles. The van der Waals surface area contributed by atoms with Gasteiger partial charge in [-0.1, -0.05) is 12.1 Å². The summed E-state index contributed by atoms with van der Waals surface area (Å²) < 4.78 is 8.55. The lowest BCUT2D eigenvalue weighted by Gasteiger charge is -2.19. The lowest BCUT2D eigenvalue weighted by molar-refractivity contribution is 0.302. The first-order valence-electron chi connectivity index (χ1n) is 8.69. The van der Waals surface area contributed by atoms with E-state index in [9.17, 15) is 4.79 Å². The average Bonchev–Trinajstić information content (AvgIpc) is 3.33. The molecule has 2 aromatic carbocycles. The molecule has 4 rings (SSSR count). The van der Waals surface area contributed by atoms with E-state index in [1.54, 1.807) is 18.5 Å². The summed E-state index contributed by atoms with van der Waals surface area (Å²) in [6.45, 7) is 4.25. The van der Waals surface area contributed by atoms with Gasteiger partial charge in [0.25, 0.3) is 0 Å². The zero-order chi connectivity index (χ0) is 19.7. The maximum absolute atomic E-state index is 12.3. The van der Waals surface area contributed by atoms with E-state index < -0.39 is 0 Å². The van der Waals surface area contributed by atoms with E-state index in [4.69, 9.17) is 4.74 Å². The molecule has 1 aliphatic rings. The Morgan fingerprint density at radius 1 is 1.11 bits per heavy atom. The van der Waals surface area contributed by atoms with Crippen LogP contribution in [0.15, 0.2) is 46.3 Å². The van der Waals surface area contributed by atoms with Crippen molar-refractivity contribution in [3.05, 3.63) is 63.6 Å². The number of nitrogens with zero attached hydrogens (tertiary/aromatic N) is 6. The van der Waals surface area contributed by atoms with Crippen molar-refractivity contribution in [2.24, 2.45) is 12.1 Å². The maximum atomic E-state index is 12.3. The van der Waals surface area contributed by atoms with Gasteiger partial charge in [0, 0.05) is 12.6 Å². The predicted octanol–water partition coefficient (Wildman–Crippen LogP) is 0.934. The van der Waals surface area contributed by atoms with Crippen LogP contribution < -0.4 is 26.5 Å². The number of benzene rings is 2. The molecule has 10 nitrogen and oxygen atoms in total. The quantitative estimate of drug-likeness (QED) is 0.679. The minimum Gasteiger partial charge on any atom is -0.489 e. The molecule has 1 aromatic heterocycles. The number of hydrogen-bond acceptors (Lipinski definition) is 8. The minimum absolute atomic E-state index is 0.300. The Morgan fingerprint density at radius 3 is 2.64 bits per heavy atom. The molecule has 2 heterocycles. The van der Waals surface area contributed by atoms with Crippen LogP contribution in [0.5, 0.6) is 5.75 Å². The molecule has 0 radical (unpaired) electrons. The first-order valence-corrected chi connectivity index (χ1v) is 8.69. The molecule has 3 aromatic rings. The third-order valence-corrected chi connectivity index (χ3v) is 4.53. The molecule has 0 bridgehead atoms. The van der Waals surface area contributed by atoms with Crippen molar-refractivity contribution < 1.29 is 4.74 Å². The van der Waals surface area contributed by atoms with Gasteiger partial charge in [-0.25, -0.2) is 4.79 Å². The number of tetrazole rings is 1. The summed E-state index contributed by atoms with van der Waals surface area (Å²) >= 11 is 0. The van der Waals surface area contributed by atoms with E-state index in [0.717, 1.165) is 28.1 Å². The second-order valence-corrected chi connectivity index (χ2v) is 6.43. The van der Waals surface area contributed by atoms with Crippen LogP contribution in [0.3, 0.4) is 0 Å². The summed E-state index contributed by atoms with van der Waals surface area (Å²) in [5.41, 5.74) is 9.90. The Balaban J connectivity index is 1.59. The summed E-state index contributed by atoms with van der Waals surface area (Å²) in [6.07, 6.45) is 1.56. The molecular formula is C18H20N8O2. The van der Waals surface area contributed by atoms with Crippen molar-refractivity contribution in [3.8, 4) is 11.4 Å². The van der Waals surface area contributed by atoms with Crippen LogP contribution in [0.1, 0.15) is 16.7 Å². The number of aryl methyl sites for hydroxylation is 3. The van der Waals surface area contributed by atoms with Gasteiger partial charge in [-0.05, 0) is 59.7 Å². The van der Waals surface area contributed by atoms with E-state index >= 15 is 0 Å². The molecule has 0 unspecified atom stereocenters. The zero-order valence-electron chi connectivity index (χ0n) is 15.7. The summed E-state index contributed by atoms with van der Waals surface area (Å²) in [7, 11) is 1.57. The second-order valence-electron chi connectivity index (χ2n) is 6.43. The fourth-order valence-electron chi connectivity index (χ4n) is 2.96. The number of rotatable bonds is 5. The number of hydrazone groups is 1. The Labute approximate surface area is 160 Å². The maximum Gasteiger partial charge on any atom is 0.368 e. The second kappa shape index (κ2) is 7.06. The molecule has 0 saturated carbocycles. The fraction of sp³-hybridized carbons (Fsp3) is 0.222. The van der Waals surface area contributed by atoms with E-state index in [1.165, 1.54) is 9.36 Å². The molecule has 0 spiro atoms. The van der Waals surface area contributed by atoms with E-state index in [1.807, 2.05) is 50.2 Å². The monoisotopic (exact) mass is 380 g/mol. The number of aromatic nitrogens is 4. The van der Waals surface area contributed by atoms with Crippen LogP contribution >= 0.6 is 0 Å². The molecule has 0 aliphatic carbocycles. The topological polar surface area (TPSA) is 102 Å². The predicted molar refractivity (Wildman–Crippen MR) is 104 cm³/mol. The number of ether oxygens (including phenoxy) is 1. The summed E-state index contributed by atoms with van der Waals surface area (Å²) in [5.74, 6) is 0.754. The smallest absolute Gasteiger partial charge is 0.368 e. The van der Waals surface area contributed by atoms with Gasteiger partial charge in [0.2, 0.25) is 0 Å². The Hall–Kier alpha value is -3.82. The molecule has 2 N–H and O–H groups in total. The van der Waals surface area contributed by atoms with Crippen molar-refractivity contribution in [2.45, 2.75) is 20.5 Å². The average molecular weight is 380 g/mol. The van der Waals surface area contributed by atoms with Gasteiger partial charge in [-0.15, -0.1) is 5.10 Å². The van der Waals surface area contributed by atoms with Gasteiger partial charge in [0.15, 0.2) is 0 Å². The minimum atomic E-state index is -0.305. The highest BCUT2D eigenvalue weighted by Gasteiger charge is 2.15. The van der Waals surface area contributed by atoms with Crippen molar-refractivity contribution in [2.75, 3.05) is 5.12 Å². The lowest BCUT2D eigenvalue weighted by Crippen LogP contribution is -2.38. The molecule has 0 amide bonds. The van der Waals surface area contributed by atoms with Gasteiger partial charge in [-0.3, -0.25) is 5.43 Å². The first kappa shape index (κ1) is 17.6. The first-order chi connectivity index (χ1) is 13.5. The lowest BCUT2D eigenvalue weighted by atomic mass is 10.1. The third kappa shape index (κ3) is 3.15. The van der Waals surface area contributed by atoms with Crippen LogP contribution in [0.25, 0.3) is 5.69 Å². The van der Waals surface area contributed by atoms with Gasteiger partial charge in [0.1, 0.15) is 18.7 Å². The number of nitrogens with one attached hydrogen (secondary N) is 2. The van der Waals surface area contributed by atoms with Gasteiger partial charge in [-0.2, -0.15) is 20.0 Å². The van der Waals surface area contributed by atoms with Crippen LogP contribution in [-0.2, 0) is 13.7 Å². The van der Waals surface area contributed by atoms with Crippen LogP contribution in [-0.4, -0.2) is 26.1 Å². The third-order valence-electron chi connectivity index (χ3n) is 4.53. The standard InChI is InChI=1S/C18H20N8O2/c1-12-5-4-6-16(25-18(27)24(3)22-23-25)15(12)10-28-17-8-7-14(9-13(17)2)26-20-11-19-21-26/h4-9,11,21H,10H2,1-3H3,(H,19,20). The van der Waals surface area contributed by atoms with E-state index in [-0.39, 0.29) is 5.69 Å². The summed E-state index contributed by atoms with van der Waals surface area (Å²) in [6, 6.07) is 11.5. The van der Waals surface area contributed by atoms with Crippen LogP contribution in [0.4, 0.5) is 5.69 Å². The molecular weight excluding hydrogens is 360 g/mol. The SMILES string of the molecule is Cc1cc(N2NC=NN2)ccc1OCc1c(C)cccc1-n1nnn(C)c1=O. The highest BCUT2D eigenvalue weighted by atomic mass is 16.5. The highest BCUT2D eigenvalue weighted by molar-refractivity contribution is 5.63. The van der Waals surface area contributed by atoms with Crippen molar-refractivity contribution in [1.29, 1.82) is 0 Å². The number of hydrogen-bond donors (Lipinski definition) is 2. The Kier molecular flexibility index (Phi) is 4.44. The highest BCUT2D eigenvalue weighted by Crippen LogP contribution is 2.26. The van der Waals surface area contributed by atoms with Crippen LogP contribution in [0.2, 0.25) is 0 Å². The van der Waals surface area contributed by atoms with Gasteiger partial charge < -0.3 is 4.74 Å². The van der Waals surface area contributed by atoms with Crippen molar-refractivity contribution in [1.82, 2.24) is 30.8 Å². The largest absolute Gasteiger partial charge is 0.489 e. The summed E-state index contributed by atoms with van der Waals surface area (Å²) in [5, 5.41) is 13.3. The van der Waals surface area contributed by atoms with E-state index in [0.29, 0.717) is 12.3 Å². The van der Waals surface area contributed by atoms with Crippen molar-refractivity contribution >= 4 is 12.0 Å². The van der Waals surface area contributed by atoms with Gasteiger partial charge in [0.05, 0.1) is 11.4 Å².